The van der Waals surface area contributed by atoms with Gasteiger partial charge in [0.1, 0.15) is 23.8 Å². The molecule has 1 aromatic carbocycles. The molecule has 2 aromatic heterocycles. The van der Waals surface area contributed by atoms with Crippen LogP contribution in [0.4, 0.5) is 14.6 Å². The van der Waals surface area contributed by atoms with Gasteiger partial charge in [-0.1, -0.05) is 13.0 Å². The van der Waals surface area contributed by atoms with Crippen molar-refractivity contribution < 1.29 is 8.78 Å². The highest BCUT2D eigenvalue weighted by atomic mass is 19.1. The van der Waals surface area contributed by atoms with Gasteiger partial charge in [0.2, 0.25) is 0 Å². The number of hydrogen-bond donors (Lipinski definition) is 0. The SMILES string of the molecule is CCC(c1ccc(F)cc1F)N1CCN(c2cc(C)nc3ncnn23)CC1. The number of hydrogen-bond acceptors (Lipinski definition) is 5. The molecule has 27 heavy (non-hydrogen) atoms. The van der Waals surface area contributed by atoms with E-state index in [1.165, 1.54) is 12.4 Å². The predicted molar refractivity (Wildman–Crippen MR) is 98.7 cm³/mol. The van der Waals surface area contributed by atoms with E-state index >= 15 is 0 Å². The zero-order valence-corrected chi connectivity index (χ0v) is 15.4. The van der Waals surface area contributed by atoms with Crippen LogP contribution >= 0.6 is 0 Å². The molecule has 8 heteroatoms. The highest BCUT2D eigenvalue weighted by Crippen LogP contribution is 2.29. The van der Waals surface area contributed by atoms with Crippen molar-refractivity contribution in [2.75, 3.05) is 31.1 Å². The molecule has 0 amide bonds. The summed E-state index contributed by atoms with van der Waals surface area (Å²) in [5.74, 6) is 0.544. The van der Waals surface area contributed by atoms with E-state index in [4.69, 9.17) is 0 Å². The summed E-state index contributed by atoms with van der Waals surface area (Å²) in [7, 11) is 0. The van der Waals surface area contributed by atoms with Crippen molar-refractivity contribution in [3.05, 3.63) is 53.5 Å². The van der Waals surface area contributed by atoms with E-state index in [9.17, 15) is 8.78 Å². The molecule has 0 aliphatic carbocycles. The highest BCUT2D eigenvalue weighted by Gasteiger charge is 2.27. The normalized spacial score (nSPS) is 16.8. The monoisotopic (exact) mass is 372 g/mol. The second-order valence-electron chi connectivity index (χ2n) is 6.84. The lowest BCUT2D eigenvalue weighted by Gasteiger charge is -2.40. The minimum atomic E-state index is -0.541. The van der Waals surface area contributed by atoms with E-state index in [0.29, 0.717) is 11.3 Å². The molecule has 4 rings (SSSR count). The van der Waals surface area contributed by atoms with Crippen LogP contribution in [0.5, 0.6) is 0 Å². The first-order chi connectivity index (χ1) is 13.1. The Labute approximate surface area is 156 Å². The second kappa shape index (κ2) is 7.19. The maximum absolute atomic E-state index is 14.3. The number of aromatic nitrogens is 4. The molecule has 3 heterocycles. The molecule has 142 valence electrons. The summed E-state index contributed by atoms with van der Waals surface area (Å²) in [6.45, 7) is 7.12. The van der Waals surface area contributed by atoms with Crippen molar-refractivity contribution in [3.63, 3.8) is 0 Å². The number of halogens is 2. The van der Waals surface area contributed by atoms with E-state index < -0.39 is 11.6 Å². The van der Waals surface area contributed by atoms with Gasteiger partial charge in [-0.05, 0) is 19.4 Å². The largest absolute Gasteiger partial charge is 0.354 e. The molecular weight excluding hydrogens is 350 g/mol. The van der Waals surface area contributed by atoms with Crippen LogP contribution in [0.2, 0.25) is 0 Å². The topological polar surface area (TPSA) is 49.6 Å². The Balaban J connectivity index is 1.53. The first-order valence-corrected chi connectivity index (χ1v) is 9.18. The van der Waals surface area contributed by atoms with Crippen molar-refractivity contribution in [2.45, 2.75) is 26.3 Å². The molecule has 0 bridgehead atoms. The van der Waals surface area contributed by atoms with Gasteiger partial charge in [-0.25, -0.2) is 13.8 Å². The molecule has 0 N–H and O–H groups in total. The Bertz CT molecular complexity index is 949. The Morgan fingerprint density at radius 3 is 2.59 bits per heavy atom. The Kier molecular flexibility index (Phi) is 4.73. The van der Waals surface area contributed by atoms with Gasteiger partial charge < -0.3 is 4.90 Å². The van der Waals surface area contributed by atoms with Crippen LogP contribution < -0.4 is 4.90 Å². The number of piperazine rings is 1. The fraction of sp³-hybridized carbons (Fsp3) is 0.421. The second-order valence-corrected chi connectivity index (χ2v) is 6.84. The molecule has 1 unspecified atom stereocenters. The van der Waals surface area contributed by atoms with Crippen LogP contribution in [-0.2, 0) is 0 Å². The van der Waals surface area contributed by atoms with E-state index in [1.807, 2.05) is 19.9 Å². The standard InChI is InChI=1S/C19H22F2N6/c1-3-17(15-5-4-14(20)11-16(15)21)25-6-8-26(9-7-25)18-10-13(2)24-19-22-12-23-27(18)19/h4-5,10-12,17H,3,6-9H2,1-2H3. The average Bonchev–Trinajstić information content (AvgIpc) is 3.12. The van der Waals surface area contributed by atoms with Crippen LogP contribution in [-0.4, -0.2) is 50.7 Å². The zero-order valence-electron chi connectivity index (χ0n) is 15.4. The Hall–Kier alpha value is -2.61. The fourth-order valence-corrected chi connectivity index (χ4v) is 3.85. The summed E-state index contributed by atoms with van der Waals surface area (Å²) < 4.78 is 29.3. The molecule has 0 spiro atoms. The first kappa shape index (κ1) is 17.8. The molecule has 1 aliphatic heterocycles. The molecule has 1 aliphatic rings. The van der Waals surface area contributed by atoms with Gasteiger partial charge in [-0.3, -0.25) is 4.90 Å². The number of aryl methyl sites for hydroxylation is 1. The van der Waals surface area contributed by atoms with Crippen LogP contribution in [0, 0.1) is 18.6 Å². The van der Waals surface area contributed by atoms with Gasteiger partial charge in [0.15, 0.2) is 0 Å². The summed E-state index contributed by atoms with van der Waals surface area (Å²) in [5, 5.41) is 4.28. The quantitative estimate of drug-likeness (QED) is 0.705. The molecule has 0 saturated carbocycles. The zero-order chi connectivity index (χ0) is 19.0. The summed E-state index contributed by atoms with van der Waals surface area (Å²) in [4.78, 5) is 13.1. The third-order valence-electron chi connectivity index (χ3n) is 5.15. The maximum atomic E-state index is 14.3. The van der Waals surface area contributed by atoms with Crippen LogP contribution in [0.3, 0.4) is 0 Å². The summed E-state index contributed by atoms with van der Waals surface area (Å²) >= 11 is 0. The number of benzene rings is 1. The Morgan fingerprint density at radius 2 is 1.89 bits per heavy atom. The maximum Gasteiger partial charge on any atom is 0.254 e. The van der Waals surface area contributed by atoms with Crippen LogP contribution in [0.15, 0.2) is 30.6 Å². The highest BCUT2D eigenvalue weighted by molar-refractivity contribution is 5.47. The van der Waals surface area contributed by atoms with E-state index in [-0.39, 0.29) is 6.04 Å². The van der Waals surface area contributed by atoms with E-state index in [1.54, 1.807) is 10.6 Å². The van der Waals surface area contributed by atoms with Crippen molar-refractivity contribution in [1.82, 2.24) is 24.5 Å². The van der Waals surface area contributed by atoms with Crippen LogP contribution in [0.25, 0.3) is 5.78 Å². The average molecular weight is 372 g/mol. The van der Waals surface area contributed by atoms with Gasteiger partial charge in [0.05, 0.1) is 0 Å². The first-order valence-electron chi connectivity index (χ1n) is 9.18. The molecule has 1 saturated heterocycles. The number of fused-ring (bicyclic) bond motifs is 1. The number of rotatable bonds is 4. The summed E-state index contributed by atoms with van der Waals surface area (Å²) in [6, 6.07) is 5.82. The van der Waals surface area contributed by atoms with Gasteiger partial charge in [0.25, 0.3) is 5.78 Å². The predicted octanol–water partition coefficient (Wildman–Crippen LogP) is 2.98. The van der Waals surface area contributed by atoms with E-state index in [0.717, 1.165) is 50.2 Å². The van der Waals surface area contributed by atoms with Crippen molar-refractivity contribution in [3.8, 4) is 0 Å². The molecule has 6 nitrogen and oxygen atoms in total. The smallest absolute Gasteiger partial charge is 0.254 e. The minimum Gasteiger partial charge on any atom is -0.354 e. The summed E-state index contributed by atoms with van der Waals surface area (Å²) in [5.41, 5.74) is 1.46. The lowest BCUT2D eigenvalue weighted by atomic mass is 10.0. The van der Waals surface area contributed by atoms with Crippen molar-refractivity contribution in [2.24, 2.45) is 0 Å². The lowest BCUT2D eigenvalue weighted by molar-refractivity contribution is 0.177. The molecule has 3 aromatic rings. The fourth-order valence-electron chi connectivity index (χ4n) is 3.85. The Morgan fingerprint density at radius 1 is 1.11 bits per heavy atom. The minimum absolute atomic E-state index is 0.0571. The third kappa shape index (κ3) is 3.37. The van der Waals surface area contributed by atoms with Gasteiger partial charge in [0, 0.05) is 55.6 Å². The molecule has 0 radical (unpaired) electrons. The molecule has 1 atom stereocenters. The van der Waals surface area contributed by atoms with Crippen LogP contribution in [0.1, 0.15) is 30.6 Å². The number of anilines is 1. The van der Waals surface area contributed by atoms with Crippen molar-refractivity contribution >= 4 is 11.6 Å². The number of nitrogens with zero attached hydrogens (tertiary/aromatic N) is 6. The van der Waals surface area contributed by atoms with Crippen molar-refractivity contribution in [1.29, 1.82) is 0 Å². The molecular formula is C19H22F2N6. The molecule has 1 fully saturated rings. The van der Waals surface area contributed by atoms with Gasteiger partial charge in [-0.15, -0.1) is 0 Å². The van der Waals surface area contributed by atoms with Gasteiger partial charge in [-0.2, -0.15) is 14.6 Å². The third-order valence-corrected chi connectivity index (χ3v) is 5.15. The van der Waals surface area contributed by atoms with Gasteiger partial charge >= 0.3 is 0 Å². The summed E-state index contributed by atoms with van der Waals surface area (Å²) in [6.07, 6.45) is 2.27. The lowest BCUT2D eigenvalue weighted by Crippen LogP contribution is -2.48. The van der Waals surface area contributed by atoms with E-state index in [2.05, 4.69) is 24.9 Å².